The van der Waals surface area contributed by atoms with Crippen LogP contribution in [0.1, 0.15) is 49.1 Å². The average Bonchev–Trinajstić information content (AvgIpc) is 2.69. The Bertz CT molecular complexity index is 967. The molecule has 0 aromatic heterocycles. The van der Waals surface area contributed by atoms with Crippen LogP contribution < -0.4 is 5.32 Å². The van der Waals surface area contributed by atoms with E-state index in [1.54, 1.807) is 24.3 Å². The number of fused-ring (bicyclic) bond motifs is 2. The second-order valence-corrected chi connectivity index (χ2v) is 7.03. The molecule has 7 heteroatoms. The van der Waals surface area contributed by atoms with Crippen LogP contribution >= 0.6 is 11.8 Å². The summed E-state index contributed by atoms with van der Waals surface area (Å²) >= 11 is 1.32. The smallest absolute Gasteiger partial charge is 0.325 e. The summed E-state index contributed by atoms with van der Waals surface area (Å²) in [4.78, 5) is 50.2. The maximum absolute atomic E-state index is 13.1. The Morgan fingerprint density at radius 1 is 1.00 bits per heavy atom. The molecule has 0 atom stereocenters. The highest BCUT2D eigenvalue weighted by Gasteiger charge is 2.33. The third kappa shape index (κ3) is 3.38. The molecule has 27 heavy (non-hydrogen) atoms. The van der Waals surface area contributed by atoms with E-state index in [0.717, 1.165) is 0 Å². The highest BCUT2D eigenvalue weighted by atomic mass is 32.2. The zero-order valence-corrected chi connectivity index (χ0v) is 15.6. The molecule has 0 heterocycles. The fourth-order valence-electron chi connectivity index (χ4n) is 2.95. The van der Waals surface area contributed by atoms with Crippen molar-refractivity contribution < 1.29 is 23.9 Å². The molecule has 1 N–H and O–H groups in total. The first-order valence-corrected chi connectivity index (χ1v) is 9.31. The Kier molecular flexibility index (Phi) is 5.41. The Hall–Kier alpha value is -2.93. The van der Waals surface area contributed by atoms with Gasteiger partial charge >= 0.3 is 5.97 Å². The van der Waals surface area contributed by atoms with E-state index in [1.807, 2.05) is 6.92 Å². The monoisotopic (exact) mass is 383 g/mol. The van der Waals surface area contributed by atoms with E-state index < -0.39 is 11.9 Å². The fourth-order valence-corrected chi connectivity index (χ4v) is 3.90. The number of carbonyl (C=O) groups is 4. The summed E-state index contributed by atoms with van der Waals surface area (Å²) < 4.78 is 4.52. The second kappa shape index (κ2) is 7.75. The lowest BCUT2D eigenvalue weighted by atomic mass is 9.83. The lowest BCUT2D eigenvalue weighted by Gasteiger charge is -2.21. The summed E-state index contributed by atoms with van der Waals surface area (Å²) in [5, 5.41) is 2.48. The van der Waals surface area contributed by atoms with E-state index in [1.165, 1.54) is 31.0 Å². The van der Waals surface area contributed by atoms with Gasteiger partial charge in [0.15, 0.2) is 11.6 Å². The standard InChI is InChI=1S/C20H17NO5S/c1-3-27-19-14(20(25)21-10-15(22)26-2)9-8-13-16(19)18(24)12-7-5-4-6-11(12)17(13)23/h4-9H,3,10H2,1-2H3,(H,21,25). The summed E-state index contributed by atoms with van der Waals surface area (Å²) in [6, 6.07) is 9.67. The molecule has 0 fully saturated rings. The fraction of sp³-hybridized carbons (Fsp3) is 0.200. The zero-order valence-electron chi connectivity index (χ0n) is 14.8. The number of amides is 1. The predicted molar refractivity (Wildman–Crippen MR) is 100 cm³/mol. The van der Waals surface area contributed by atoms with Crippen LogP contribution in [-0.2, 0) is 9.53 Å². The number of ketones is 2. The van der Waals surface area contributed by atoms with Gasteiger partial charge in [-0.3, -0.25) is 19.2 Å². The van der Waals surface area contributed by atoms with Crippen molar-refractivity contribution in [3.63, 3.8) is 0 Å². The number of thioether (sulfide) groups is 1. The van der Waals surface area contributed by atoms with Crippen molar-refractivity contribution in [2.75, 3.05) is 19.4 Å². The first-order chi connectivity index (χ1) is 13.0. The third-order valence-corrected chi connectivity index (χ3v) is 5.20. The van der Waals surface area contributed by atoms with Gasteiger partial charge in [0.1, 0.15) is 6.54 Å². The molecule has 2 aromatic rings. The number of nitrogens with one attached hydrogen (secondary N) is 1. The van der Waals surface area contributed by atoms with Crippen molar-refractivity contribution in [3.8, 4) is 0 Å². The van der Waals surface area contributed by atoms with Crippen molar-refractivity contribution in [1.82, 2.24) is 5.32 Å². The van der Waals surface area contributed by atoms with E-state index in [4.69, 9.17) is 0 Å². The molecular formula is C20H17NO5S. The zero-order chi connectivity index (χ0) is 19.6. The van der Waals surface area contributed by atoms with Crippen LogP contribution in [0.3, 0.4) is 0 Å². The molecular weight excluding hydrogens is 366 g/mol. The van der Waals surface area contributed by atoms with Gasteiger partial charge in [0.2, 0.25) is 0 Å². The molecule has 1 aliphatic carbocycles. The number of hydrogen-bond donors (Lipinski definition) is 1. The highest BCUT2D eigenvalue weighted by Crippen LogP contribution is 2.36. The second-order valence-electron chi connectivity index (χ2n) is 5.76. The van der Waals surface area contributed by atoms with Crippen molar-refractivity contribution in [3.05, 3.63) is 64.2 Å². The van der Waals surface area contributed by atoms with E-state index in [-0.39, 0.29) is 29.2 Å². The first-order valence-electron chi connectivity index (χ1n) is 8.32. The van der Waals surface area contributed by atoms with E-state index in [9.17, 15) is 19.2 Å². The molecule has 1 amide bonds. The van der Waals surface area contributed by atoms with Crippen LogP contribution in [0.2, 0.25) is 0 Å². The van der Waals surface area contributed by atoms with Gasteiger partial charge in [-0.1, -0.05) is 31.2 Å². The minimum Gasteiger partial charge on any atom is -0.468 e. The van der Waals surface area contributed by atoms with Crippen molar-refractivity contribution in [1.29, 1.82) is 0 Å². The maximum Gasteiger partial charge on any atom is 0.325 e. The molecule has 0 saturated heterocycles. The summed E-state index contributed by atoms with van der Waals surface area (Å²) in [5.41, 5.74) is 1.49. The Morgan fingerprint density at radius 3 is 2.30 bits per heavy atom. The molecule has 0 unspecified atom stereocenters. The van der Waals surface area contributed by atoms with Crippen LogP contribution in [0.4, 0.5) is 0 Å². The van der Waals surface area contributed by atoms with Crippen LogP contribution in [0.25, 0.3) is 0 Å². The SMILES string of the molecule is CCSc1c(C(=O)NCC(=O)OC)ccc2c1C(=O)c1ccccc1C2=O. The molecule has 0 aliphatic heterocycles. The maximum atomic E-state index is 13.1. The van der Waals surface area contributed by atoms with Gasteiger partial charge in [-0.15, -0.1) is 11.8 Å². The van der Waals surface area contributed by atoms with E-state index in [0.29, 0.717) is 27.3 Å². The molecule has 6 nitrogen and oxygen atoms in total. The van der Waals surface area contributed by atoms with Gasteiger partial charge in [0.05, 0.1) is 12.7 Å². The first kappa shape index (κ1) is 18.8. The quantitative estimate of drug-likeness (QED) is 0.538. The molecule has 0 saturated carbocycles. The van der Waals surface area contributed by atoms with Gasteiger partial charge < -0.3 is 10.1 Å². The van der Waals surface area contributed by atoms with Crippen molar-refractivity contribution >= 4 is 35.2 Å². The summed E-state index contributed by atoms with van der Waals surface area (Å²) in [6.07, 6.45) is 0. The number of benzene rings is 2. The molecule has 0 radical (unpaired) electrons. The lowest BCUT2D eigenvalue weighted by Crippen LogP contribution is -2.31. The molecule has 0 spiro atoms. The molecule has 0 bridgehead atoms. The minimum absolute atomic E-state index is 0.236. The number of hydrogen-bond acceptors (Lipinski definition) is 6. The van der Waals surface area contributed by atoms with Crippen LogP contribution in [0.5, 0.6) is 0 Å². The number of carbonyl (C=O) groups excluding carboxylic acids is 4. The molecule has 2 aromatic carbocycles. The van der Waals surface area contributed by atoms with Gasteiger partial charge in [0, 0.05) is 27.1 Å². The normalized spacial score (nSPS) is 12.2. The van der Waals surface area contributed by atoms with Crippen molar-refractivity contribution in [2.45, 2.75) is 11.8 Å². The molecule has 1 aliphatic rings. The van der Waals surface area contributed by atoms with Crippen LogP contribution in [-0.4, -0.2) is 42.9 Å². The van der Waals surface area contributed by atoms with Crippen LogP contribution in [0, 0.1) is 0 Å². The molecule has 138 valence electrons. The Balaban J connectivity index is 2.09. The lowest BCUT2D eigenvalue weighted by molar-refractivity contribution is -0.139. The van der Waals surface area contributed by atoms with Gasteiger partial charge in [-0.2, -0.15) is 0 Å². The highest BCUT2D eigenvalue weighted by molar-refractivity contribution is 7.99. The predicted octanol–water partition coefficient (Wildman–Crippen LogP) is 2.48. The average molecular weight is 383 g/mol. The van der Waals surface area contributed by atoms with Gasteiger partial charge in [-0.25, -0.2) is 0 Å². The van der Waals surface area contributed by atoms with E-state index in [2.05, 4.69) is 10.1 Å². The Morgan fingerprint density at radius 2 is 1.67 bits per heavy atom. The number of rotatable bonds is 5. The number of methoxy groups -OCH3 is 1. The third-order valence-electron chi connectivity index (χ3n) is 4.20. The van der Waals surface area contributed by atoms with Gasteiger partial charge in [-0.05, 0) is 17.9 Å². The number of esters is 1. The van der Waals surface area contributed by atoms with Crippen LogP contribution in [0.15, 0.2) is 41.3 Å². The summed E-state index contributed by atoms with van der Waals surface area (Å²) in [5.74, 6) is -0.987. The van der Waals surface area contributed by atoms with Gasteiger partial charge in [0.25, 0.3) is 5.91 Å². The molecule has 3 rings (SSSR count). The Labute approximate surface area is 160 Å². The summed E-state index contributed by atoms with van der Waals surface area (Å²) in [7, 11) is 1.23. The largest absolute Gasteiger partial charge is 0.468 e. The van der Waals surface area contributed by atoms with Crippen molar-refractivity contribution in [2.24, 2.45) is 0 Å². The van der Waals surface area contributed by atoms with E-state index >= 15 is 0 Å². The minimum atomic E-state index is -0.578. The topological polar surface area (TPSA) is 89.5 Å². The summed E-state index contributed by atoms with van der Waals surface area (Å²) in [6.45, 7) is 1.61. The number of ether oxygens (including phenoxy) is 1.